The Labute approximate surface area is 93.2 Å². The number of ether oxygens (including phenoxy) is 2. The predicted molar refractivity (Wildman–Crippen MR) is 54.7 cm³/mol. The molecule has 0 aromatic heterocycles. The quantitative estimate of drug-likeness (QED) is 0.364. The van der Waals surface area contributed by atoms with E-state index in [0.717, 1.165) is 6.42 Å². The van der Waals surface area contributed by atoms with Gasteiger partial charge in [0.25, 0.3) is 0 Å². The molecule has 0 aliphatic carbocycles. The van der Waals surface area contributed by atoms with Crippen molar-refractivity contribution in [3.8, 4) is 0 Å². The molecule has 1 fully saturated rings. The van der Waals surface area contributed by atoms with Crippen LogP contribution in [0.25, 0.3) is 0 Å². The molecule has 7 heteroatoms. The maximum Gasteiger partial charge on any atom is 0.319 e. The smallest absolute Gasteiger partial charge is 0.319 e. The molecule has 7 nitrogen and oxygen atoms in total. The van der Waals surface area contributed by atoms with Crippen LogP contribution in [0.5, 0.6) is 0 Å². The fourth-order valence-electron chi connectivity index (χ4n) is 1.37. The van der Waals surface area contributed by atoms with Crippen LogP contribution in [-0.4, -0.2) is 49.3 Å². The number of carbonyl (C=O) groups is 1. The zero-order valence-corrected chi connectivity index (χ0v) is 9.23. The highest BCUT2D eigenvalue weighted by Gasteiger charge is 2.43. The number of hydrogen-bond acceptors (Lipinski definition) is 6. The summed E-state index contributed by atoms with van der Waals surface area (Å²) in [4.78, 5) is 21.2. The summed E-state index contributed by atoms with van der Waals surface area (Å²) in [6.45, 7) is 2.53. The summed E-state index contributed by atoms with van der Waals surface area (Å²) < 4.78 is 9.78. The third-order valence-corrected chi connectivity index (χ3v) is 2.26. The van der Waals surface area contributed by atoms with E-state index in [-0.39, 0.29) is 26.3 Å². The van der Waals surface area contributed by atoms with Gasteiger partial charge in [-0.3, -0.25) is 20.2 Å². The zero-order chi connectivity index (χ0) is 12.0. The van der Waals surface area contributed by atoms with Gasteiger partial charge in [-0.25, -0.2) is 0 Å². The van der Waals surface area contributed by atoms with E-state index in [9.17, 15) is 14.9 Å². The van der Waals surface area contributed by atoms with E-state index in [1.807, 2.05) is 6.92 Å². The Balaban J connectivity index is 2.28. The van der Waals surface area contributed by atoms with E-state index in [1.54, 1.807) is 0 Å². The van der Waals surface area contributed by atoms with Crippen molar-refractivity contribution >= 4 is 5.97 Å². The van der Waals surface area contributed by atoms with Crippen LogP contribution in [0.3, 0.4) is 0 Å². The molecule has 0 unspecified atom stereocenters. The minimum atomic E-state index is -0.700. The molecule has 92 valence electrons. The zero-order valence-electron chi connectivity index (χ0n) is 9.23. The van der Waals surface area contributed by atoms with Crippen LogP contribution < -0.4 is 5.32 Å². The van der Waals surface area contributed by atoms with Crippen molar-refractivity contribution in [2.24, 2.45) is 0 Å². The standard InChI is InChI=1S/C9H16N2O5/c1-2-3-16-8(12)4-10-9(5-11(13)14)6-15-7-9/h10H,2-7H2,1H3. The molecule has 0 bridgehead atoms. The molecule has 1 aliphatic heterocycles. The molecule has 1 N–H and O–H groups in total. The summed E-state index contributed by atoms with van der Waals surface area (Å²) in [5.41, 5.74) is -0.700. The molecular weight excluding hydrogens is 216 g/mol. The Morgan fingerprint density at radius 3 is 2.75 bits per heavy atom. The lowest BCUT2D eigenvalue weighted by Gasteiger charge is -2.38. The van der Waals surface area contributed by atoms with Crippen molar-refractivity contribution in [3.05, 3.63) is 10.1 Å². The predicted octanol–water partition coefficient (Wildman–Crippen LogP) is -0.425. The fourth-order valence-corrected chi connectivity index (χ4v) is 1.37. The Kier molecular flexibility index (Phi) is 4.63. The van der Waals surface area contributed by atoms with Crippen LogP contribution >= 0.6 is 0 Å². The van der Waals surface area contributed by atoms with Crippen LogP contribution in [0.15, 0.2) is 0 Å². The van der Waals surface area contributed by atoms with Gasteiger partial charge in [0.05, 0.1) is 26.4 Å². The number of hydrogen-bond donors (Lipinski definition) is 1. The molecule has 0 radical (unpaired) electrons. The van der Waals surface area contributed by atoms with Gasteiger partial charge >= 0.3 is 5.97 Å². The molecule has 0 spiro atoms. The third kappa shape index (κ3) is 3.74. The molecule has 1 saturated heterocycles. The van der Waals surface area contributed by atoms with Gasteiger partial charge < -0.3 is 9.47 Å². The normalized spacial score (nSPS) is 17.6. The van der Waals surface area contributed by atoms with Gasteiger partial charge in [0.2, 0.25) is 6.54 Å². The number of carbonyl (C=O) groups excluding carboxylic acids is 1. The van der Waals surface area contributed by atoms with Gasteiger partial charge in [-0.2, -0.15) is 0 Å². The Morgan fingerprint density at radius 2 is 2.31 bits per heavy atom. The lowest BCUT2D eigenvalue weighted by molar-refractivity contribution is -0.498. The van der Waals surface area contributed by atoms with E-state index in [4.69, 9.17) is 9.47 Å². The summed E-state index contributed by atoms with van der Waals surface area (Å²) in [6.07, 6.45) is 0.759. The second-order valence-corrected chi connectivity index (χ2v) is 3.84. The number of rotatable bonds is 7. The van der Waals surface area contributed by atoms with Gasteiger partial charge in [-0.1, -0.05) is 6.92 Å². The topological polar surface area (TPSA) is 90.7 Å². The summed E-state index contributed by atoms with van der Waals surface area (Å²) in [5, 5.41) is 13.2. The third-order valence-electron chi connectivity index (χ3n) is 2.26. The highest BCUT2D eigenvalue weighted by Crippen LogP contribution is 2.16. The molecule has 0 saturated carbocycles. The SMILES string of the molecule is CCCOC(=O)CNC1(C[N+](=O)[O-])COC1. The highest BCUT2D eigenvalue weighted by molar-refractivity contribution is 5.71. The second kappa shape index (κ2) is 5.76. The summed E-state index contributed by atoms with van der Waals surface area (Å²) in [7, 11) is 0. The molecule has 0 amide bonds. The van der Waals surface area contributed by atoms with Crippen LogP contribution in [-0.2, 0) is 14.3 Å². The number of esters is 1. The minimum absolute atomic E-state index is 0.0167. The first-order valence-electron chi connectivity index (χ1n) is 5.18. The average Bonchev–Trinajstić information content (AvgIpc) is 2.18. The van der Waals surface area contributed by atoms with Crippen LogP contribution in [0, 0.1) is 10.1 Å². The first-order valence-corrected chi connectivity index (χ1v) is 5.18. The van der Waals surface area contributed by atoms with Gasteiger partial charge in [0.1, 0.15) is 5.54 Å². The summed E-state index contributed by atoms with van der Waals surface area (Å²) in [6, 6.07) is 0. The van der Waals surface area contributed by atoms with Gasteiger partial charge in [-0.05, 0) is 6.42 Å². The minimum Gasteiger partial charge on any atom is -0.465 e. The van der Waals surface area contributed by atoms with Crippen molar-refractivity contribution in [2.45, 2.75) is 18.9 Å². The molecule has 0 aromatic rings. The number of nitro groups is 1. The van der Waals surface area contributed by atoms with E-state index in [1.165, 1.54) is 0 Å². The van der Waals surface area contributed by atoms with Crippen molar-refractivity contribution in [3.63, 3.8) is 0 Å². The Morgan fingerprint density at radius 1 is 1.62 bits per heavy atom. The monoisotopic (exact) mass is 232 g/mol. The van der Waals surface area contributed by atoms with E-state index < -0.39 is 16.4 Å². The molecular formula is C9H16N2O5. The van der Waals surface area contributed by atoms with Gasteiger partial charge in [-0.15, -0.1) is 0 Å². The van der Waals surface area contributed by atoms with Crippen molar-refractivity contribution in [1.82, 2.24) is 5.32 Å². The molecule has 0 atom stereocenters. The largest absolute Gasteiger partial charge is 0.465 e. The van der Waals surface area contributed by atoms with E-state index >= 15 is 0 Å². The van der Waals surface area contributed by atoms with Gasteiger partial charge in [0.15, 0.2) is 0 Å². The summed E-state index contributed by atoms with van der Waals surface area (Å²) in [5.74, 6) is -0.392. The molecule has 16 heavy (non-hydrogen) atoms. The number of nitrogens with zero attached hydrogens (tertiary/aromatic N) is 1. The number of nitrogens with one attached hydrogen (secondary N) is 1. The molecule has 1 aliphatic rings. The Hall–Kier alpha value is -1.21. The Bertz CT molecular complexity index is 265. The summed E-state index contributed by atoms with van der Waals surface area (Å²) >= 11 is 0. The maximum absolute atomic E-state index is 11.2. The lowest BCUT2D eigenvalue weighted by Crippen LogP contribution is -2.65. The van der Waals surface area contributed by atoms with Crippen LogP contribution in [0.4, 0.5) is 0 Å². The maximum atomic E-state index is 11.2. The van der Waals surface area contributed by atoms with Crippen LogP contribution in [0.1, 0.15) is 13.3 Å². The molecule has 1 heterocycles. The molecule has 0 aromatic carbocycles. The van der Waals surface area contributed by atoms with Gasteiger partial charge in [0, 0.05) is 4.92 Å². The van der Waals surface area contributed by atoms with E-state index in [2.05, 4.69) is 5.32 Å². The van der Waals surface area contributed by atoms with Crippen molar-refractivity contribution in [1.29, 1.82) is 0 Å². The molecule has 1 rings (SSSR count). The van der Waals surface area contributed by atoms with Crippen molar-refractivity contribution < 1.29 is 19.2 Å². The van der Waals surface area contributed by atoms with Crippen molar-refractivity contribution in [2.75, 3.05) is 32.9 Å². The van der Waals surface area contributed by atoms with E-state index in [0.29, 0.717) is 6.61 Å². The lowest BCUT2D eigenvalue weighted by atomic mass is 9.98. The highest BCUT2D eigenvalue weighted by atomic mass is 16.6. The first kappa shape index (κ1) is 12.9. The average molecular weight is 232 g/mol. The fraction of sp³-hybridized carbons (Fsp3) is 0.889. The second-order valence-electron chi connectivity index (χ2n) is 3.84. The first-order chi connectivity index (χ1) is 7.58. The van der Waals surface area contributed by atoms with Crippen LogP contribution in [0.2, 0.25) is 0 Å².